The van der Waals surface area contributed by atoms with E-state index in [-0.39, 0.29) is 0 Å². The Morgan fingerprint density at radius 1 is 1.19 bits per heavy atom. The molecule has 0 fully saturated rings. The van der Waals surface area contributed by atoms with Crippen LogP contribution in [0.2, 0.25) is 0 Å². The average molecular weight is 435 g/mol. The molecule has 2 rings (SSSR count). The summed E-state index contributed by atoms with van der Waals surface area (Å²) in [4.78, 5) is 2.36. The molecule has 0 aliphatic heterocycles. The number of rotatable bonds is 11. The summed E-state index contributed by atoms with van der Waals surface area (Å²) >= 11 is 0. The van der Waals surface area contributed by atoms with Gasteiger partial charge >= 0.3 is 0 Å². The molecule has 1 aliphatic carbocycles. The molecule has 0 amide bonds. The zero-order valence-electron chi connectivity index (χ0n) is 21.8. The first kappa shape index (κ1) is 26.2. The van der Waals surface area contributed by atoms with Crippen molar-refractivity contribution in [3.8, 4) is 0 Å². The third-order valence-electron chi connectivity index (χ3n) is 6.84. The predicted octanol–water partition coefficient (Wildman–Crippen LogP) is 7.54. The van der Waals surface area contributed by atoms with Crippen LogP contribution in [0, 0.1) is 18.8 Å². The van der Waals surface area contributed by atoms with Gasteiger partial charge in [-0.3, -0.25) is 0 Å². The SMILES string of the molecule is C=C/C=C(\C1=CC(NC(C)c2ccc(C)c(CCCC)c2)C(C)C=C1N(C)CC)C(C)C. The van der Waals surface area contributed by atoms with Crippen molar-refractivity contribution >= 4 is 0 Å². The van der Waals surface area contributed by atoms with Gasteiger partial charge in [-0.15, -0.1) is 0 Å². The third-order valence-corrected chi connectivity index (χ3v) is 6.84. The number of hydrogen-bond acceptors (Lipinski definition) is 2. The Bertz CT molecular complexity index is 856. The number of nitrogens with zero attached hydrogens (tertiary/aromatic N) is 1. The first-order valence-electron chi connectivity index (χ1n) is 12.6. The standard InChI is InChI=1S/C30H46N2/c1-10-13-15-25-19-26(17-16-22(25)6)24(8)31-29-20-28(27(14-11-2)21(4)5)30(18-23(29)7)32(9)12-3/h11,14,16-21,23-24,29,31H,2,10,12-13,15H2,1,3-9H3/b27-14-. The highest BCUT2D eigenvalue weighted by Gasteiger charge is 2.27. The van der Waals surface area contributed by atoms with Crippen LogP contribution in [-0.4, -0.2) is 24.5 Å². The van der Waals surface area contributed by atoms with E-state index < -0.39 is 0 Å². The average Bonchev–Trinajstić information content (AvgIpc) is 2.77. The largest absolute Gasteiger partial charge is 0.375 e. The summed E-state index contributed by atoms with van der Waals surface area (Å²) in [6, 6.07) is 7.60. The highest BCUT2D eigenvalue weighted by Crippen LogP contribution is 2.34. The van der Waals surface area contributed by atoms with Gasteiger partial charge in [-0.25, -0.2) is 0 Å². The molecule has 0 saturated carbocycles. The maximum Gasteiger partial charge on any atom is 0.0400 e. The third kappa shape index (κ3) is 6.48. The van der Waals surface area contributed by atoms with Gasteiger partial charge in [0.1, 0.15) is 0 Å². The molecule has 32 heavy (non-hydrogen) atoms. The van der Waals surface area contributed by atoms with Gasteiger partial charge in [-0.2, -0.15) is 0 Å². The molecule has 0 saturated heterocycles. The lowest BCUT2D eigenvalue weighted by Crippen LogP contribution is -2.38. The van der Waals surface area contributed by atoms with Crippen molar-refractivity contribution in [2.45, 2.75) is 79.8 Å². The Labute approximate surface area is 198 Å². The number of allylic oxidation sites excluding steroid dienone is 3. The molecule has 1 aromatic rings. The molecule has 2 heteroatoms. The van der Waals surface area contributed by atoms with Gasteiger partial charge in [0.15, 0.2) is 0 Å². The minimum absolute atomic E-state index is 0.293. The summed E-state index contributed by atoms with van der Waals surface area (Å²) < 4.78 is 0. The molecule has 0 heterocycles. The van der Waals surface area contributed by atoms with Gasteiger partial charge in [-0.05, 0) is 73.3 Å². The van der Waals surface area contributed by atoms with Crippen LogP contribution in [0.15, 0.2) is 65.9 Å². The topological polar surface area (TPSA) is 15.3 Å². The fourth-order valence-electron chi connectivity index (χ4n) is 4.51. The molecular weight excluding hydrogens is 388 g/mol. The van der Waals surface area contributed by atoms with Crippen molar-refractivity contribution in [3.05, 3.63) is 82.6 Å². The Balaban J connectivity index is 2.35. The lowest BCUT2D eigenvalue weighted by atomic mass is 9.83. The Kier molecular flexibility index (Phi) is 10.0. The summed E-state index contributed by atoms with van der Waals surface area (Å²) in [5.41, 5.74) is 8.33. The lowest BCUT2D eigenvalue weighted by Gasteiger charge is -2.35. The van der Waals surface area contributed by atoms with E-state index in [1.165, 1.54) is 52.8 Å². The van der Waals surface area contributed by atoms with Gasteiger partial charge in [0.05, 0.1) is 0 Å². The van der Waals surface area contributed by atoms with Crippen LogP contribution < -0.4 is 5.32 Å². The molecule has 1 aliphatic rings. The molecule has 176 valence electrons. The minimum atomic E-state index is 0.293. The minimum Gasteiger partial charge on any atom is -0.375 e. The molecule has 1 N–H and O–H groups in total. The van der Waals surface area contributed by atoms with Gasteiger partial charge < -0.3 is 10.2 Å². The summed E-state index contributed by atoms with van der Waals surface area (Å²) in [7, 11) is 2.19. The van der Waals surface area contributed by atoms with E-state index in [2.05, 4.69) is 109 Å². The number of nitrogens with one attached hydrogen (secondary N) is 1. The Morgan fingerprint density at radius 3 is 2.50 bits per heavy atom. The number of aryl methyl sites for hydroxylation is 2. The van der Waals surface area contributed by atoms with E-state index in [9.17, 15) is 0 Å². The second-order valence-corrected chi connectivity index (χ2v) is 9.72. The van der Waals surface area contributed by atoms with Crippen LogP contribution in [0.5, 0.6) is 0 Å². The maximum absolute atomic E-state index is 3.97. The molecule has 0 bridgehead atoms. The first-order chi connectivity index (χ1) is 15.2. The smallest absolute Gasteiger partial charge is 0.0400 e. The normalized spacial score (nSPS) is 20.1. The van der Waals surface area contributed by atoms with Crippen molar-refractivity contribution in [1.82, 2.24) is 10.2 Å². The molecule has 0 radical (unpaired) electrons. The molecule has 3 atom stereocenters. The summed E-state index contributed by atoms with van der Waals surface area (Å²) in [5, 5.41) is 3.94. The summed E-state index contributed by atoms with van der Waals surface area (Å²) in [6.45, 7) is 20.9. The summed E-state index contributed by atoms with van der Waals surface area (Å²) in [5.74, 6) is 0.866. The van der Waals surface area contributed by atoms with Gasteiger partial charge in [-0.1, -0.05) is 83.2 Å². The molecular formula is C30H46N2. The van der Waals surface area contributed by atoms with Crippen LogP contribution in [0.1, 0.15) is 77.1 Å². The molecule has 2 nitrogen and oxygen atoms in total. The zero-order valence-corrected chi connectivity index (χ0v) is 21.8. The maximum atomic E-state index is 3.97. The monoisotopic (exact) mass is 434 g/mol. The molecule has 0 spiro atoms. The molecule has 3 unspecified atom stereocenters. The predicted molar refractivity (Wildman–Crippen MR) is 142 cm³/mol. The lowest BCUT2D eigenvalue weighted by molar-refractivity contribution is 0.403. The Hall–Kier alpha value is -2.06. The quantitative estimate of drug-likeness (QED) is 0.362. The van der Waals surface area contributed by atoms with Crippen molar-refractivity contribution in [3.63, 3.8) is 0 Å². The number of hydrogen-bond donors (Lipinski definition) is 1. The van der Waals surface area contributed by atoms with Gasteiger partial charge in [0.2, 0.25) is 0 Å². The molecule has 1 aromatic carbocycles. The zero-order chi connectivity index (χ0) is 23.8. The van der Waals surface area contributed by atoms with Crippen molar-refractivity contribution < 1.29 is 0 Å². The van der Waals surface area contributed by atoms with Crippen LogP contribution in [0.25, 0.3) is 0 Å². The van der Waals surface area contributed by atoms with Crippen LogP contribution in [0.4, 0.5) is 0 Å². The van der Waals surface area contributed by atoms with Crippen molar-refractivity contribution in [2.75, 3.05) is 13.6 Å². The molecule has 0 aromatic heterocycles. The first-order valence-corrected chi connectivity index (χ1v) is 12.6. The second kappa shape index (κ2) is 12.3. The highest BCUT2D eigenvalue weighted by molar-refractivity contribution is 5.51. The Morgan fingerprint density at radius 2 is 1.91 bits per heavy atom. The summed E-state index contributed by atoms with van der Waals surface area (Å²) in [6.07, 6.45) is 12.7. The van der Waals surface area contributed by atoms with Crippen molar-refractivity contribution in [1.29, 1.82) is 0 Å². The van der Waals surface area contributed by atoms with Gasteiger partial charge in [0.25, 0.3) is 0 Å². The number of benzene rings is 1. The van der Waals surface area contributed by atoms with E-state index in [1.807, 2.05) is 6.08 Å². The van der Waals surface area contributed by atoms with Crippen LogP contribution in [-0.2, 0) is 6.42 Å². The highest BCUT2D eigenvalue weighted by atomic mass is 15.1. The van der Waals surface area contributed by atoms with E-state index in [0.717, 1.165) is 6.54 Å². The second-order valence-electron chi connectivity index (χ2n) is 9.72. The van der Waals surface area contributed by atoms with Crippen molar-refractivity contribution in [2.24, 2.45) is 11.8 Å². The van der Waals surface area contributed by atoms with E-state index in [0.29, 0.717) is 23.9 Å². The van der Waals surface area contributed by atoms with Crippen LogP contribution in [0.3, 0.4) is 0 Å². The van der Waals surface area contributed by atoms with Gasteiger partial charge in [0, 0.05) is 31.4 Å². The van der Waals surface area contributed by atoms with E-state index in [4.69, 9.17) is 0 Å². The van der Waals surface area contributed by atoms with E-state index in [1.54, 1.807) is 0 Å². The van der Waals surface area contributed by atoms with Crippen LogP contribution >= 0.6 is 0 Å². The number of likely N-dealkylation sites (N-methyl/N-ethyl adjacent to an activating group) is 1. The van der Waals surface area contributed by atoms with E-state index >= 15 is 0 Å². The fourth-order valence-corrected chi connectivity index (χ4v) is 4.51. The fraction of sp³-hybridized carbons (Fsp3) is 0.533. The number of unbranched alkanes of at least 4 members (excludes halogenated alkanes) is 1.